The van der Waals surface area contributed by atoms with E-state index in [1.165, 1.54) is 10.4 Å². The van der Waals surface area contributed by atoms with Crippen molar-refractivity contribution in [2.45, 2.75) is 25.8 Å². The van der Waals surface area contributed by atoms with E-state index in [1.807, 2.05) is 21.9 Å². The number of pyridine rings is 1. The lowest BCUT2D eigenvalue weighted by Gasteiger charge is -2.34. The quantitative estimate of drug-likeness (QED) is 0.623. The van der Waals surface area contributed by atoms with Gasteiger partial charge in [-0.2, -0.15) is 0 Å². The topological polar surface area (TPSA) is 69.6 Å². The number of carbonyl (C=O) groups excluding carboxylic acids is 2. The number of piperazine rings is 1. The fourth-order valence-electron chi connectivity index (χ4n) is 4.03. The van der Waals surface area contributed by atoms with Crippen LogP contribution >= 0.6 is 22.7 Å². The molecule has 0 aromatic carbocycles. The van der Waals surface area contributed by atoms with Crippen molar-refractivity contribution in [2.75, 3.05) is 37.6 Å². The zero-order valence-electron chi connectivity index (χ0n) is 16.6. The molecule has 1 saturated heterocycles. The second-order valence-electron chi connectivity index (χ2n) is 7.63. The molecule has 0 saturated carbocycles. The Bertz CT molecular complexity index is 1040. The van der Waals surface area contributed by atoms with Gasteiger partial charge in [-0.25, -0.2) is 9.97 Å². The summed E-state index contributed by atoms with van der Waals surface area (Å²) in [5.74, 6) is 0.156. The van der Waals surface area contributed by atoms with Gasteiger partial charge < -0.3 is 14.7 Å². The van der Waals surface area contributed by atoms with E-state index in [1.54, 1.807) is 28.9 Å². The highest BCUT2D eigenvalue weighted by Crippen LogP contribution is 2.28. The van der Waals surface area contributed by atoms with Gasteiger partial charge in [-0.15, -0.1) is 11.3 Å². The first kappa shape index (κ1) is 19.4. The van der Waals surface area contributed by atoms with Crippen LogP contribution in [0.4, 0.5) is 5.13 Å². The first-order chi connectivity index (χ1) is 14.7. The summed E-state index contributed by atoms with van der Waals surface area (Å²) in [6, 6.07) is 5.97. The molecule has 0 unspecified atom stereocenters. The van der Waals surface area contributed by atoms with Crippen molar-refractivity contribution in [1.82, 2.24) is 19.8 Å². The van der Waals surface area contributed by atoms with Gasteiger partial charge in [0.2, 0.25) is 11.8 Å². The monoisotopic (exact) mass is 441 g/mol. The van der Waals surface area contributed by atoms with Crippen LogP contribution in [0, 0.1) is 0 Å². The van der Waals surface area contributed by atoms with Crippen molar-refractivity contribution in [1.29, 1.82) is 0 Å². The number of carbonyl (C=O) groups is 2. The van der Waals surface area contributed by atoms with E-state index in [0.29, 0.717) is 26.1 Å². The molecule has 2 aliphatic heterocycles. The minimum absolute atomic E-state index is 0.0715. The predicted octanol–water partition coefficient (Wildman–Crippen LogP) is 2.77. The van der Waals surface area contributed by atoms with Gasteiger partial charge in [0.1, 0.15) is 10.3 Å². The van der Waals surface area contributed by atoms with Gasteiger partial charge in [-0.1, -0.05) is 11.3 Å². The molecule has 0 radical (unpaired) electrons. The van der Waals surface area contributed by atoms with Crippen LogP contribution in [0.5, 0.6) is 0 Å². The number of thiophene rings is 1. The largest absolute Gasteiger partial charge is 0.344 e. The van der Waals surface area contributed by atoms with Gasteiger partial charge in [0.15, 0.2) is 5.13 Å². The summed E-state index contributed by atoms with van der Waals surface area (Å²) in [4.78, 5) is 42.5. The van der Waals surface area contributed by atoms with Gasteiger partial charge in [-0.3, -0.25) is 9.59 Å². The molecule has 2 aliphatic rings. The van der Waals surface area contributed by atoms with Crippen LogP contribution in [-0.2, 0) is 22.6 Å². The molecular formula is C21H23N5O2S2. The third-order valence-electron chi connectivity index (χ3n) is 5.77. The molecule has 7 nitrogen and oxygen atoms in total. The summed E-state index contributed by atoms with van der Waals surface area (Å²) in [5.41, 5.74) is 2.17. The van der Waals surface area contributed by atoms with E-state index in [2.05, 4.69) is 26.3 Å². The standard InChI is InChI=1S/C21H23N5O2S2/c27-18(3-4-19(28)26-8-5-17-15(14-26)6-13-29-17)24-9-11-25(12-10-24)21-23-16-2-1-7-22-20(16)30-21/h1-2,6-7,13H,3-5,8-12,14H2. The molecule has 156 valence electrons. The zero-order valence-corrected chi connectivity index (χ0v) is 18.3. The van der Waals surface area contributed by atoms with Gasteiger partial charge >= 0.3 is 0 Å². The number of thiazole rings is 1. The van der Waals surface area contributed by atoms with E-state index in [0.717, 1.165) is 41.5 Å². The van der Waals surface area contributed by atoms with Crippen molar-refractivity contribution < 1.29 is 9.59 Å². The maximum Gasteiger partial charge on any atom is 0.223 e. The molecule has 5 heterocycles. The molecular weight excluding hydrogens is 418 g/mol. The molecule has 3 aromatic heterocycles. The summed E-state index contributed by atoms with van der Waals surface area (Å²) in [6.45, 7) is 4.29. The molecule has 1 fully saturated rings. The van der Waals surface area contributed by atoms with E-state index < -0.39 is 0 Å². The second kappa shape index (κ2) is 8.31. The Labute approximate surface area is 182 Å². The molecule has 30 heavy (non-hydrogen) atoms. The smallest absolute Gasteiger partial charge is 0.223 e. The molecule has 0 aliphatic carbocycles. The molecule has 0 atom stereocenters. The SMILES string of the molecule is O=C(CCC(=O)N1CCc2sccc2C1)N1CCN(c2nc3cccnc3s2)CC1. The number of nitrogens with zero attached hydrogens (tertiary/aromatic N) is 5. The Morgan fingerprint density at radius 3 is 2.60 bits per heavy atom. The second-order valence-corrected chi connectivity index (χ2v) is 9.58. The average Bonchev–Trinajstić information content (AvgIpc) is 3.43. The van der Waals surface area contributed by atoms with Gasteiger partial charge in [0.25, 0.3) is 0 Å². The fourth-order valence-corrected chi connectivity index (χ4v) is 5.88. The number of hydrogen-bond acceptors (Lipinski definition) is 7. The highest BCUT2D eigenvalue weighted by Gasteiger charge is 2.25. The van der Waals surface area contributed by atoms with E-state index in [9.17, 15) is 9.59 Å². The average molecular weight is 442 g/mol. The van der Waals surface area contributed by atoms with Crippen LogP contribution in [0.25, 0.3) is 10.3 Å². The highest BCUT2D eigenvalue weighted by atomic mass is 32.1. The van der Waals surface area contributed by atoms with Crippen LogP contribution in [0.3, 0.4) is 0 Å². The summed E-state index contributed by atoms with van der Waals surface area (Å²) >= 11 is 3.36. The number of fused-ring (bicyclic) bond motifs is 2. The normalized spacial score (nSPS) is 16.7. The van der Waals surface area contributed by atoms with Crippen LogP contribution in [-0.4, -0.2) is 64.3 Å². The zero-order chi connectivity index (χ0) is 20.5. The molecule has 2 amide bonds. The lowest BCUT2D eigenvalue weighted by molar-refractivity contribution is -0.137. The Balaban J connectivity index is 1.10. The number of rotatable bonds is 4. The first-order valence-electron chi connectivity index (χ1n) is 10.2. The number of amides is 2. The molecule has 3 aromatic rings. The Morgan fingerprint density at radius 2 is 1.80 bits per heavy atom. The molecule has 9 heteroatoms. The van der Waals surface area contributed by atoms with E-state index in [-0.39, 0.29) is 18.2 Å². The minimum Gasteiger partial charge on any atom is -0.344 e. The van der Waals surface area contributed by atoms with Crippen molar-refractivity contribution in [2.24, 2.45) is 0 Å². The molecule has 0 bridgehead atoms. The van der Waals surface area contributed by atoms with E-state index in [4.69, 9.17) is 0 Å². The van der Waals surface area contributed by atoms with Gasteiger partial charge in [-0.05, 0) is 35.6 Å². The third-order valence-corrected chi connectivity index (χ3v) is 7.83. The number of anilines is 1. The van der Waals surface area contributed by atoms with Crippen molar-refractivity contribution in [3.8, 4) is 0 Å². The Hall–Kier alpha value is -2.52. The van der Waals surface area contributed by atoms with Crippen molar-refractivity contribution in [3.05, 3.63) is 40.2 Å². The van der Waals surface area contributed by atoms with Gasteiger partial charge in [0, 0.05) is 63.2 Å². The maximum atomic E-state index is 12.6. The summed E-state index contributed by atoms with van der Waals surface area (Å²) in [6.07, 6.45) is 3.29. The predicted molar refractivity (Wildman–Crippen MR) is 119 cm³/mol. The molecule has 0 N–H and O–H groups in total. The van der Waals surface area contributed by atoms with Gasteiger partial charge in [0.05, 0.1) is 0 Å². The van der Waals surface area contributed by atoms with Crippen molar-refractivity contribution >= 4 is 50.0 Å². The lowest BCUT2D eigenvalue weighted by Crippen LogP contribution is -2.49. The summed E-state index contributed by atoms with van der Waals surface area (Å²) in [5, 5.41) is 3.05. The Kier molecular flexibility index (Phi) is 5.39. The van der Waals surface area contributed by atoms with E-state index >= 15 is 0 Å². The van der Waals surface area contributed by atoms with Crippen LogP contribution in [0.15, 0.2) is 29.8 Å². The third kappa shape index (κ3) is 3.91. The Morgan fingerprint density at radius 1 is 1.00 bits per heavy atom. The lowest BCUT2D eigenvalue weighted by atomic mass is 10.1. The molecule has 0 spiro atoms. The number of aromatic nitrogens is 2. The summed E-state index contributed by atoms with van der Waals surface area (Å²) < 4.78 is 0. The summed E-state index contributed by atoms with van der Waals surface area (Å²) in [7, 11) is 0. The highest BCUT2D eigenvalue weighted by molar-refractivity contribution is 7.21. The van der Waals surface area contributed by atoms with Crippen LogP contribution in [0.1, 0.15) is 23.3 Å². The van der Waals surface area contributed by atoms with Crippen LogP contribution < -0.4 is 4.90 Å². The first-order valence-corrected chi connectivity index (χ1v) is 11.9. The molecule has 5 rings (SSSR count). The van der Waals surface area contributed by atoms with Crippen molar-refractivity contribution in [3.63, 3.8) is 0 Å². The maximum absolute atomic E-state index is 12.6. The number of hydrogen-bond donors (Lipinski definition) is 0. The fraction of sp³-hybridized carbons (Fsp3) is 0.429. The minimum atomic E-state index is 0.0715. The van der Waals surface area contributed by atoms with Crippen LogP contribution in [0.2, 0.25) is 0 Å².